The number of hydrogen-bond acceptors (Lipinski definition) is 3. The number of unbranched alkanes of at least 4 members (excludes halogenated alkanes) is 1. The topological polar surface area (TPSA) is 46.3 Å². The van der Waals surface area contributed by atoms with Crippen molar-refractivity contribution in [3.8, 4) is 0 Å². The zero-order valence-electron chi connectivity index (χ0n) is 7.55. The van der Waals surface area contributed by atoms with Gasteiger partial charge >= 0.3 is 0 Å². The minimum Gasteiger partial charge on any atom is -0.330 e. The van der Waals surface area contributed by atoms with Gasteiger partial charge in [0, 0.05) is 35.8 Å². The summed E-state index contributed by atoms with van der Waals surface area (Å²) in [6.45, 7) is 4.17. The molecule has 72 valence electrons. The fourth-order valence-electron chi connectivity index (χ4n) is 0.810. The number of carbonyl (C=O) groups excluding carboxylic acids is 1. The Bertz CT molecular complexity index is 130. The lowest BCUT2D eigenvalue weighted by molar-refractivity contribution is -0.118. The lowest BCUT2D eigenvalue weighted by Crippen LogP contribution is -2.21. The molecule has 0 aliphatic heterocycles. The molecular formula is C8H17IN2O. The fraction of sp³-hybridized carbons (Fsp3) is 0.875. The first kappa shape index (κ1) is 12.3. The van der Waals surface area contributed by atoms with Crippen LogP contribution in [0.4, 0.5) is 0 Å². The highest BCUT2D eigenvalue weighted by molar-refractivity contribution is 14.1. The molecule has 0 heterocycles. The van der Waals surface area contributed by atoms with Crippen LogP contribution in [0.1, 0.15) is 26.2 Å². The molecule has 0 bridgehead atoms. The van der Waals surface area contributed by atoms with Crippen molar-refractivity contribution < 1.29 is 4.79 Å². The highest BCUT2D eigenvalue weighted by atomic mass is 127. The highest BCUT2D eigenvalue weighted by Crippen LogP contribution is 2.02. The summed E-state index contributed by atoms with van der Waals surface area (Å²) >= 11 is 2.19. The normalized spacial score (nSPS) is 10.7. The van der Waals surface area contributed by atoms with Crippen LogP contribution in [0.15, 0.2) is 0 Å². The molecule has 0 amide bonds. The van der Waals surface area contributed by atoms with Gasteiger partial charge in [-0.3, -0.25) is 4.79 Å². The fourth-order valence-corrected chi connectivity index (χ4v) is 1.53. The van der Waals surface area contributed by atoms with E-state index in [-0.39, 0.29) is 0 Å². The van der Waals surface area contributed by atoms with Crippen LogP contribution < -0.4 is 5.73 Å². The van der Waals surface area contributed by atoms with Gasteiger partial charge in [0.05, 0.1) is 6.54 Å². The molecule has 4 heteroatoms. The molecule has 0 radical (unpaired) electrons. The van der Waals surface area contributed by atoms with Crippen LogP contribution in [0.2, 0.25) is 0 Å². The quantitative estimate of drug-likeness (QED) is 0.436. The molecule has 3 nitrogen and oxygen atoms in total. The van der Waals surface area contributed by atoms with E-state index < -0.39 is 0 Å². The van der Waals surface area contributed by atoms with E-state index in [9.17, 15) is 4.79 Å². The number of rotatable bonds is 7. The molecule has 0 aromatic heterocycles. The molecule has 0 aliphatic rings. The molecule has 0 unspecified atom stereocenters. The zero-order valence-corrected chi connectivity index (χ0v) is 9.71. The molecular weight excluding hydrogens is 267 g/mol. The van der Waals surface area contributed by atoms with Gasteiger partial charge in [0.1, 0.15) is 5.78 Å². The number of nitrogens with zero attached hydrogens (tertiary/aromatic N) is 1. The van der Waals surface area contributed by atoms with E-state index in [0.29, 0.717) is 18.7 Å². The van der Waals surface area contributed by atoms with Gasteiger partial charge in [-0.1, -0.05) is 6.92 Å². The maximum Gasteiger partial charge on any atom is 0.147 e. The average molecular weight is 284 g/mol. The second-order valence-corrected chi connectivity index (χ2v) is 4.10. The Hall–Kier alpha value is 0.320. The lowest BCUT2D eigenvalue weighted by Gasteiger charge is -2.11. The average Bonchev–Trinajstić information content (AvgIpc) is 2.05. The van der Waals surface area contributed by atoms with Crippen molar-refractivity contribution in [1.29, 1.82) is 0 Å². The maximum atomic E-state index is 11.0. The number of ketones is 1. The van der Waals surface area contributed by atoms with Crippen LogP contribution in [0.3, 0.4) is 0 Å². The minimum absolute atomic E-state index is 0.303. The van der Waals surface area contributed by atoms with Crippen molar-refractivity contribution in [2.45, 2.75) is 26.2 Å². The smallest absolute Gasteiger partial charge is 0.147 e. The van der Waals surface area contributed by atoms with E-state index in [1.54, 1.807) is 0 Å². The predicted molar refractivity (Wildman–Crippen MR) is 59.2 cm³/mol. The van der Waals surface area contributed by atoms with E-state index in [2.05, 4.69) is 22.9 Å². The number of halogens is 1. The second-order valence-electron chi connectivity index (χ2n) is 2.73. The van der Waals surface area contributed by atoms with Crippen LogP contribution in [0, 0.1) is 0 Å². The molecule has 0 aromatic rings. The van der Waals surface area contributed by atoms with Crippen LogP contribution in [0.25, 0.3) is 0 Å². The summed E-state index contributed by atoms with van der Waals surface area (Å²) in [5.41, 5.74) is 5.35. The zero-order chi connectivity index (χ0) is 9.40. The summed E-state index contributed by atoms with van der Waals surface area (Å²) in [6, 6.07) is 0. The summed E-state index contributed by atoms with van der Waals surface area (Å²) in [7, 11) is 0. The van der Waals surface area contributed by atoms with Gasteiger partial charge in [-0.25, -0.2) is 3.11 Å². The Morgan fingerprint density at radius 1 is 1.50 bits per heavy atom. The highest BCUT2D eigenvalue weighted by Gasteiger charge is 2.04. The number of Topliss-reactive ketones (excluding diaryl/α,β-unsaturated/α-hetero) is 1. The predicted octanol–water partition coefficient (Wildman–Crippen LogP) is 1.36. The SMILES string of the molecule is CCC(=O)CN(I)CCCCN. The van der Waals surface area contributed by atoms with Crippen LogP contribution in [-0.2, 0) is 4.79 Å². The number of hydrogen-bond donors (Lipinski definition) is 1. The molecule has 0 atom stereocenters. The molecule has 0 fully saturated rings. The van der Waals surface area contributed by atoms with Gasteiger partial charge in [0.15, 0.2) is 0 Å². The minimum atomic E-state index is 0.303. The number of carbonyl (C=O) groups is 1. The standard InChI is InChI=1S/C8H17IN2O/c1-2-8(12)7-11(9)6-4-3-5-10/h2-7,10H2,1H3. The molecule has 0 rings (SSSR count). The van der Waals surface area contributed by atoms with E-state index in [1.807, 2.05) is 10.0 Å². The van der Waals surface area contributed by atoms with Gasteiger partial charge in [0.25, 0.3) is 0 Å². The van der Waals surface area contributed by atoms with E-state index in [1.165, 1.54) is 0 Å². The third-order valence-electron chi connectivity index (χ3n) is 1.60. The van der Waals surface area contributed by atoms with Crippen molar-refractivity contribution in [2.24, 2.45) is 5.73 Å². The third kappa shape index (κ3) is 7.00. The van der Waals surface area contributed by atoms with Crippen molar-refractivity contribution >= 4 is 28.6 Å². The van der Waals surface area contributed by atoms with Crippen LogP contribution in [0.5, 0.6) is 0 Å². The molecule has 0 aliphatic carbocycles. The molecule has 2 N–H and O–H groups in total. The summed E-state index contributed by atoms with van der Waals surface area (Å²) < 4.78 is 2.03. The van der Waals surface area contributed by atoms with Crippen molar-refractivity contribution in [2.75, 3.05) is 19.6 Å². The first-order valence-corrected chi connectivity index (χ1v) is 5.29. The summed E-state index contributed by atoms with van der Waals surface area (Å²) in [4.78, 5) is 11.0. The summed E-state index contributed by atoms with van der Waals surface area (Å²) in [5.74, 6) is 0.303. The summed E-state index contributed by atoms with van der Waals surface area (Å²) in [6.07, 6.45) is 2.76. The molecule has 0 spiro atoms. The molecule has 0 saturated heterocycles. The van der Waals surface area contributed by atoms with Crippen LogP contribution in [-0.4, -0.2) is 28.5 Å². The Balaban J connectivity index is 3.32. The van der Waals surface area contributed by atoms with Gasteiger partial charge in [-0.15, -0.1) is 0 Å². The van der Waals surface area contributed by atoms with Crippen molar-refractivity contribution in [3.05, 3.63) is 0 Å². The van der Waals surface area contributed by atoms with Gasteiger partial charge in [-0.2, -0.15) is 0 Å². The maximum absolute atomic E-state index is 11.0. The Morgan fingerprint density at radius 2 is 2.17 bits per heavy atom. The van der Waals surface area contributed by atoms with E-state index >= 15 is 0 Å². The Kier molecular flexibility index (Phi) is 8.15. The van der Waals surface area contributed by atoms with E-state index in [4.69, 9.17) is 5.73 Å². The van der Waals surface area contributed by atoms with Gasteiger partial charge in [0.2, 0.25) is 0 Å². The third-order valence-corrected chi connectivity index (χ3v) is 2.42. The summed E-state index contributed by atoms with van der Waals surface area (Å²) in [5, 5.41) is 0. The van der Waals surface area contributed by atoms with Crippen LogP contribution >= 0.6 is 22.9 Å². The molecule has 0 saturated carbocycles. The largest absolute Gasteiger partial charge is 0.330 e. The Labute approximate surface area is 88.2 Å². The van der Waals surface area contributed by atoms with Crippen molar-refractivity contribution in [1.82, 2.24) is 3.11 Å². The Morgan fingerprint density at radius 3 is 2.67 bits per heavy atom. The van der Waals surface area contributed by atoms with E-state index in [0.717, 1.165) is 25.9 Å². The first-order valence-electron chi connectivity index (χ1n) is 4.33. The molecule has 0 aromatic carbocycles. The first-order chi connectivity index (χ1) is 5.70. The molecule has 12 heavy (non-hydrogen) atoms. The van der Waals surface area contributed by atoms with Gasteiger partial charge < -0.3 is 5.73 Å². The second kappa shape index (κ2) is 7.94. The number of nitrogens with two attached hydrogens (primary N) is 1. The van der Waals surface area contributed by atoms with Gasteiger partial charge in [-0.05, 0) is 19.4 Å². The van der Waals surface area contributed by atoms with Crippen molar-refractivity contribution in [3.63, 3.8) is 0 Å². The monoisotopic (exact) mass is 284 g/mol. The lowest BCUT2D eigenvalue weighted by atomic mass is 10.3.